The normalized spacial score (nSPS) is 15.5. The molecule has 1 aromatic carbocycles. The minimum atomic E-state index is -0.649. The minimum absolute atomic E-state index is 0.649. The van der Waals surface area contributed by atoms with E-state index in [2.05, 4.69) is 22.7 Å². The van der Waals surface area contributed by atoms with E-state index in [1.165, 1.54) is 18.4 Å². The smallest absolute Gasteiger partial charge is 0.332 e. The average molecular weight is 203 g/mol. The standard InChI is InChI=1S/C11H13N3O/c12-11(15)14-13-7-8-2-1-3-10(6-8)9-4-5-9/h1-3,6-7,9H,4-5H2,(H3,12,14,15). The van der Waals surface area contributed by atoms with Gasteiger partial charge in [-0.15, -0.1) is 0 Å². The summed E-state index contributed by atoms with van der Waals surface area (Å²) >= 11 is 0. The second-order valence-electron chi connectivity index (χ2n) is 3.68. The number of hydrazone groups is 1. The summed E-state index contributed by atoms with van der Waals surface area (Å²) in [6, 6.07) is 7.50. The lowest BCUT2D eigenvalue weighted by Gasteiger charge is -1.99. The topological polar surface area (TPSA) is 67.5 Å². The third-order valence-electron chi connectivity index (χ3n) is 2.35. The Labute approximate surface area is 88.2 Å². The number of nitrogens with zero attached hydrogens (tertiary/aromatic N) is 1. The van der Waals surface area contributed by atoms with Crippen LogP contribution in [0, 0.1) is 0 Å². The highest BCUT2D eigenvalue weighted by Gasteiger charge is 2.23. The van der Waals surface area contributed by atoms with E-state index >= 15 is 0 Å². The Morgan fingerprint density at radius 1 is 1.53 bits per heavy atom. The number of hydrogen-bond donors (Lipinski definition) is 2. The molecule has 0 saturated heterocycles. The van der Waals surface area contributed by atoms with Gasteiger partial charge in [0.05, 0.1) is 6.21 Å². The van der Waals surface area contributed by atoms with Crippen molar-refractivity contribution in [2.24, 2.45) is 10.8 Å². The van der Waals surface area contributed by atoms with Crippen LogP contribution in [0.2, 0.25) is 0 Å². The first-order chi connectivity index (χ1) is 7.25. The fraction of sp³-hybridized carbons (Fsp3) is 0.273. The van der Waals surface area contributed by atoms with Crippen molar-refractivity contribution in [2.75, 3.05) is 0 Å². The van der Waals surface area contributed by atoms with Gasteiger partial charge in [-0.05, 0) is 36.0 Å². The molecule has 0 atom stereocenters. The summed E-state index contributed by atoms with van der Waals surface area (Å²) in [6.07, 6.45) is 4.15. The molecule has 4 heteroatoms. The molecule has 0 unspecified atom stereocenters. The number of carbonyl (C=O) groups is 1. The summed E-state index contributed by atoms with van der Waals surface area (Å²) in [4.78, 5) is 10.4. The molecule has 1 aliphatic rings. The fourth-order valence-corrected chi connectivity index (χ4v) is 1.48. The van der Waals surface area contributed by atoms with Gasteiger partial charge in [0, 0.05) is 0 Å². The predicted molar refractivity (Wildman–Crippen MR) is 58.7 cm³/mol. The van der Waals surface area contributed by atoms with Gasteiger partial charge in [0.25, 0.3) is 0 Å². The highest BCUT2D eigenvalue weighted by molar-refractivity contribution is 5.81. The first kappa shape index (κ1) is 9.71. The van der Waals surface area contributed by atoms with E-state index in [1.54, 1.807) is 6.21 Å². The molecule has 4 nitrogen and oxygen atoms in total. The second kappa shape index (κ2) is 4.13. The molecule has 2 rings (SSSR count). The van der Waals surface area contributed by atoms with Crippen LogP contribution in [0.5, 0.6) is 0 Å². The lowest BCUT2D eigenvalue weighted by Crippen LogP contribution is -2.24. The molecule has 0 heterocycles. The average Bonchev–Trinajstić information content (AvgIpc) is 3.01. The van der Waals surface area contributed by atoms with Gasteiger partial charge in [-0.2, -0.15) is 5.10 Å². The summed E-state index contributed by atoms with van der Waals surface area (Å²) in [7, 11) is 0. The summed E-state index contributed by atoms with van der Waals surface area (Å²) in [5, 5.41) is 3.71. The van der Waals surface area contributed by atoms with E-state index in [1.807, 2.05) is 12.1 Å². The molecule has 1 aliphatic carbocycles. The van der Waals surface area contributed by atoms with Crippen LogP contribution in [-0.2, 0) is 0 Å². The number of primary amides is 1. The van der Waals surface area contributed by atoms with Crippen LogP contribution in [0.25, 0.3) is 0 Å². The van der Waals surface area contributed by atoms with Gasteiger partial charge in [0.1, 0.15) is 0 Å². The Balaban J connectivity index is 2.04. The number of urea groups is 1. The van der Waals surface area contributed by atoms with Crippen LogP contribution < -0.4 is 11.2 Å². The van der Waals surface area contributed by atoms with Crippen molar-refractivity contribution in [1.82, 2.24) is 5.43 Å². The number of hydrogen-bond acceptors (Lipinski definition) is 2. The van der Waals surface area contributed by atoms with Crippen LogP contribution >= 0.6 is 0 Å². The van der Waals surface area contributed by atoms with Crippen molar-refractivity contribution in [3.63, 3.8) is 0 Å². The zero-order valence-electron chi connectivity index (χ0n) is 8.31. The lowest BCUT2D eigenvalue weighted by molar-refractivity contribution is 0.249. The predicted octanol–water partition coefficient (Wildman–Crippen LogP) is 1.57. The van der Waals surface area contributed by atoms with Gasteiger partial charge in [0.15, 0.2) is 0 Å². The molecule has 0 bridgehead atoms. The van der Waals surface area contributed by atoms with Crippen molar-refractivity contribution in [2.45, 2.75) is 18.8 Å². The Hall–Kier alpha value is -1.84. The molecule has 0 radical (unpaired) electrons. The molecule has 1 fully saturated rings. The molecule has 1 aromatic rings. The fourth-order valence-electron chi connectivity index (χ4n) is 1.48. The summed E-state index contributed by atoms with van der Waals surface area (Å²) < 4.78 is 0. The van der Waals surface area contributed by atoms with E-state index in [0.29, 0.717) is 0 Å². The molecule has 15 heavy (non-hydrogen) atoms. The van der Waals surface area contributed by atoms with E-state index in [0.717, 1.165) is 11.5 Å². The molecule has 0 aliphatic heterocycles. The van der Waals surface area contributed by atoms with E-state index in [-0.39, 0.29) is 0 Å². The van der Waals surface area contributed by atoms with Crippen LogP contribution in [0.3, 0.4) is 0 Å². The van der Waals surface area contributed by atoms with Crippen LogP contribution in [0.1, 0.15) is 29.9 Å². The molecule has 0 spiro atoms. The van der Waals surface area contributed by atoms with Gasteiger partial charge in [-0.25, -0.2) is 10.2 Å². The van der Waals surface area contributed by atoms with Crippen LogP contribution in [-0.4, -0.2) is 12.2 Å². The maximum atomic E-state index is 10.4. The first-order valence-electron chi connectivity index (χ1n) is 4.94. The number of amides is 2. The Morgan fingerprint density at radius 3 is 3.00 bits per heavy atom. The molecule has 78 valence electrons. The maximum absolute atomic E-state index is 10.4. The number of rotatable bonds is 3. The van der Waals surface area contributed by atoms with E-state index in [9.17, 15) is 4.79 Å². The van der Waals surface area contributed by atoms with Gasteiger partial charge < -0.3 is 5.73 Å². The van der Waals surface area contributed by atoms with Gasteiger partial charge in [-0.3, -0.25) is 0 Å². The second-order valence-corrected chi connectivity index (χ2v) is 3.68. The summed E-state index contributed by atoms with van der Waals surface area (Å²) in [5.41, 5.74) is 9.37. The number of nitrogens with two attached hydrogens (primary N) is 1. The Morgan fingerprint density at radius 2 is 2.33 bits per heavy atom. The van der Waals surface area contributed by atoms with Crippen molar-refractivity contribution in [3.05, 3.63) is 35.4 Å². The molecular weight excluding hydrogens is 190 g/mol. The van der Waals surface area contributed by atoms with E-state index in [4.69, 9.17) is 5.73 Å². The van der Waals surface area contributed by atoms with Crippen molar-refractivity contribution in [1.29, 1.82) is 0 Å². The largest absolute Gasteiger partial charge is 0.350 e. The van der Waals surface area contributed by atoms with Gasteiger partial charge in [0.2, 0.25) is 0 Å². The number of nitrogens with one attached hydrogen (secondary N) is 1. The highest BCUT2D eigenvalue weighted by Crippen LogP contribution is 2.39. The molecule has 3 N–H and O–H groups in total. The molecule has 1 saturated carbocycles. The van der Waals surface area contributed by atoms with Gasteiger partial charge in [-0.1, -0.05) is 18.2 Å². The van der Waals surface area contributed by atoms with Gasteiger partial charge >= 0.3 is 6.03 Å². The number of benzene rings is 1. The molecule has 2 amide bonds. The third kappa shape index (κ3) is 2.80. The summed E-state index contributed by atoms with van der Waals surface area (Å²) in [5.74, 6) is 0.724. The SMILES string of the molecule is NC(=O)NN=Cc1cccc(C2CC2)c1. The molecular formula is C11H13N3O. The zero-order valence-corrected chi connectivity index (χ0v) is 8.31. The Kier molecular flexibility index (Phi) is 2.67. The minimum Gasteiger partial charge on any atom is -0.350 e. The lowest BCUT2D eigenvalue weighted by atomic mass is 10.1. The van der Waals surface area contributed by atoms with Crippen molar-refractivity contribution >= 4 is 12.2 Å². The molecule has 0 aromatic heterocycles. The number of carbonyl (C=O) groups excluding carboxylic acids is 1. The maximum Gasteiger partial charge on any atom is 0.332 e. The van der Waals surface area contributed by atoms with E-state index < -0.39 is 6.03 Å². The quantitative estimate of drug-likeness (QED) is 0.568. The monoisotopic (exact) mass is 203 g/mol. The Bertz CT molecular complexity index is 397. The van der Waals surface area contributed by atoms with Crippen LogP contribution in [0.15, 0.2) is 29.4 Å². The van der Waals surface area contributed by atoms with Crippen molar-refractivity contribution < 1.29 is 4.79 Å². The summed E-state index contributed by atoms with van der Waals surface area (Å²) in [6.45, 7) is 0. The zero-order chi connectivity index (χ0) is 10.7. The first-order valence-corrected chi connectivity index (χ1v) is 4.94. The van der Waals surface area contributed by atoms with Crippen LogP contribution in [0.4, 0.5) is 4.79 Å². The van der Waals surface area contributed by atoms with Crippen molar-refractivity contribution in [3.8, 4) is 0 Å². The highest BCUT2D eigenvalue weighted by atomic mass is 16.2. The third-order valence-corrected chi connectivity index (χ3v) is 2.35.